The van der Waals surface area contributed by atoms with Crippen LogP contribution < -0.4 is 31.2 Å². The molecule has 0 spiro atoms. The number of methoxy groups -OCH3 is 2. The number of carbonyl (C=O) groups excluding carboxylic acids is 2. The highest BCUT2D eigenvalue weighted by molar-refractivity contribution is 6.16. The average Bonchev–Trinajstić information content (AvgIpc) is 3.42. The smallest absolute Gasteiger partial charge is 0.317 e. The quantitative estimate of drug-likeness (QED) is 0.0255. The highest BCUT2D eigenvalue weighted by Crippen LogP contribution is 2.59. The van der Waals surface area contributed by atoms with Crippen LogP contribution in [0, 0.1) is 23.7 Å². The van der Waals surface area contributed by atoms with Crippen LogP contribution in [0.3, 0.4) is 0 Å². The molecule has 1 saturated heterocycles. The molecular formula is C54H83N9O14. The molecule has 5 fully saturated rings. The van der Waals surface area contributed by atoms with Crippen molar-refractivity contribution in [2.45, 2.75) is 70.0 Å². The fourth-order valence-corrected chi connectivity index (χ4v) is 11.7. The molecule has 4 saturated carbocycles. The number of allylic oxidation sites excluding steroid dienone is 1. The lowest BCUT2D eigenvalue weighted by atomic mass is 9.48. The van der Waals surface area contributed by atoms with Gasteiger partial charge in [-0.05, 0) is 104 Å². The molecule has 11 N–H and O–H groups in total. The van der Waals surface area contributed by atoms with Crippen molar-refractivity contribution < 1.29 is 68.8 Å². The fourth-order valence-electron chi connectivity index (χ4n) is 11.7. The van der Waals surface area contributed by atoms with Gasteiger partial charge in [-0.15, -0.1) is 0 Å². The zero-order chi connectivity index (χ0) is 55.6. The second-order valence-corrected chi connectivity index (χ2v) is 21.0. The molecule has 0 aromatic heterocycles. The van der Waals surface area contributed by atoms with Crippen LogP contribution in [0.4, 0.5) is 11.4 Å². The highest BCUT2D eigenvalue weighted by atomic mass is 16.5. The standard InChI is InChI=1S/C54H83N9O14/c1-35(2)41-29-40(56-10-20-76-22-23-77-21-11-57-47(64)31-60-12-14-61(32-48(65)66)16-18-63(34-50(69)70)19-17-62(15-13-60)33-49(67)68)8-9-43(41)58-44(51-45(74-3)6-5-7-46(51)75-4)30-42(55)52(71)59-54(53(72)73)38-25-36-24-37(27-38)28-39(54)26-36/h5-9,29-30,35-39,48,53,56,65-66,72-73H,10-28,31-34,55H2,1-4H3,(H,57,64)(H,59,71)(H,67,68)(H,69,70)/b42-30-,58-44?. The number of nitrogens with zero attached hydrogens (tertiary/aromatic N) is 5. The molecule has 77 heavy (non-hydrogen) atoms. The van der Waals surface area contributed by atoms with Crippen molar-refractivity contribution in [3.63, 3.8) is 0 Å². The van der Waals surface area contributed by atoms with Gasteiger partial charge in [0.15, 0.2) is 12.6 Å². The van der Waals surface area contributed by atoms with E-state index in [4.69, 9.17) is 29.7 Å². The summed E-state index contributed by atoms with van der Waals surface area (Å²) < 4.78 is 23.1. The zero-order valence-corrected chi connectivity index (χ0v) is 45.1. The van der Waals surface area contributed by atoms with Gasteiger partial charge in [-0.2, -0.15) is 0 Å². The maximum atomic E-state index is 14.1. The van der Waals surface area contributed by atoms with E-state index in [0.717, 1.165) is 43.4 Å². The summed E-state index contributed by atoms with van der Waals surface area (Å²) in [7, 11) is 3.07. The number of carbonyl (C=O) groups is 4. The number of aliphatic hydroxyl groups excluding tert-OH is 2. The van der Waals surface area contributed by atoms with Crippen molar-refractivity contribution in [2.75, 3.05) is 138 Å². The molecule has 5 aliphatic rings. The van der Waals surface area contributed by atoms with Gasteiger partial charge in [-0.25, -0.2) is 4.99 Å². The third-order valence-electron chi connectivity index (χ3n) is 15.3. The summed E-state index contributed by atoms with van der Waals surface area (Å²) >= 11 is 0. The maximum Gasteiger partial charge on any atom is 0.317 e. The first-order chi connectivity index (χ1) is 36.9. The number of rotatable bonds is 27. The van der Waals surface area contributed by atoms with Gasteiger partial charge in [0.2, 0.25) is 5.91 Å². The lowest BCUT2D eigenvalue weighted by molar-refractivity contribution is -0.201. The number of nitrogens with two attached hydrogens (primary N) is 1. The van der Waals surface area contributed by atoms with Gasteiger partial charge < -0.3 is 71.3 Å². The Kier molecular flexibility index (Phi) is 23.3. The van der Waals surface area contributed by atoms with E-state index in [1.54, 1.807) is 32.9 Å². The number of nitrogens with one attached hydrogen (secondary N) is 3. The largest absolute Gasteiger partial charge is 0.496 e. The monoisotopic (exact) mass is 1080 g/mol. The van der Waals surface area contributed by atoms with E-state index in [1.165, 1.54) is 20.3 Å². The Balaban J connectivity index is 0.992. The normalized spacial score (nSPS) is 23.2. The molecule has 428 valence electrons. The molecule has 23 nitrogen and oxygen atoms in total. The molecule has 0 atom stereocenters. The van der Waals surface area contributed by atoms with E-state index in [1.807, 2.05) is 23.1 Å². The van der Waals surface area contributed by atoms with Crippen LogP contribution in [0.2, 0.25) is 0 Å². The Morgan fingerprint density at radius 2 is 1.25 bits per heavy atom. The molecule has 23 heteroatoms. The van der Waals surface area contributed by atoms with Crippen LogP contribution in [-0.4, -0.2) is 230 Å². The number of aliphatic hydroxyl groups is 4. The molecule has 1 heterocycles. The van der Waals surface area contributed by atoms with Gasteiger partial charge in [0.05, 0.1) is 88.5 Å². The number of β-amino-alcohol motifs (C(OH)–C–C–N with tert-alkyl or cyclic N) is 2. The Morgan fingerprint density at radius 3 is 1.74 bits per heavy atom. The summed E-state index contributed by atoms with van der Waals surface area (Å²) in [6.45, 7) is 8.33. The molecule has 0 unspecified atom stereocenters. The van der Waals surface area contributed by atoms with Crippen LogP contribution in [0.25, 0.3) is 0 Å². The fraction of sp³-hybridized carbons (Fsp3) is 0.648. The van der Waals surface area contributed by atoms with Gasteiger partial charge in [-0.1, -0.05) is 19.9 Å². The molecule has 2 aromatic rings. The van der Waals surface area contributed by atoms with Gasteiger partial charge in [0.1, 0.15) is 11.5 Å². The number of amides is 2. The van der Waals surface area contributed by atoms with Crippen molar-refractivity contribution in [3.05, 3.63) is 59.3 Å². The highest BCUT2D eigenvalue weighted by Gasteiger charge is 2.61. The summed E-state index contributed by atoms with van der Waals surface area (Å²) in [5, 5.41) is 69.4. The first kappa shape index (κ1) is 60.8. The summed E-state index contributed by atoms with van der Waals surface area (Å²) in [5.74, 6) is -0.998. The van der Waals surface area contributed by atoms with E-state index in [9.17, 15) is 49.8 Å². The lowest BCUT2D eigenvalue weighted by Crippen LogP contribution is -2.71. The van der Waals surface area contributed by atoms with E-state index >= 15 is 0 Å². The summed E-state index contributed by atoms with van der Waals surface area (Å²) in [4.78, 5) is 62.4. The van der Waals surface area contributed by atoms with Crippen molar-refractivity contribution in [1.82, 2.24) is 30.2 Å². The summed E-state index contributed by atoms with van der Waals surface area (Å²) in [6.07, 6.45) is 2.67. The van der Waals surface area contributed by atoms with E-state index < -0.39 is 36.0 Å². The zero-order valence-electron chi connectivity index (χ0n) is 45.1. The lowest BCUT2D eigenvalue weighted by Gasteiger charge is -2.61. The van der Waals surface area contributed by atoms with Crippen molar-refractivity contribution >= 4 is 40.8 Å². The van der Waals surface area contributed by atoms with Crippen LogP contribution in [0.5, 0.6) is 11.5 Å². The third-order valence-corrected chi connectivity index (χ3v) is 15.3. The minimum Gasteiger partial charge on any atom is -0.496 e. The van der Waals surface area contributed by atoms with Gasteiger partial charge in [0, 0.05) is 77.7 Å². The molecule has 2 aromatic carbocycles. The van der Waals surface area contributed by atoms with Crippen LogP contribution in [0.15, 0.2) is 53.2 Å². The Labute approximate surface area is 451 Å². The second-order valence-electron chi connectivity index (χ2n) is 21.0. The first-order valence-electron chi connectivity index (χ1n) is 26.8. The predicted molar refractivity (Wildman–Crippen MR) is 287 cm³/mol. The van der Waals surface area contributed by atoms with E-state index in [-0.39, 0.29) is 68.7 Å². The number of anilines is 1. The Hall–Kier alpha value is -5.47. The van der Waals surface area contributed by atoms with Crippen molar-refractivity contribution in [2.24, 2.45) is 34.4 Å². The molecule has 4 bridgehead atoms. The number of hydrogen-bond acceptors (Lipinski definition) is 19. The number of hydrogen-bond donors (Lipinski definition) is 10. The minimum atomic E-state index is -1.74. The summed E-state index contributed by atoms with van der Waals surface area (Å²) in [6, 6.07) is 11.1. The number of benzene rings is 2. The number of ether oxygens (including phenoxy) is 4. The molecule has 2 amide bonds. The SMILES string of the molecule is COc1cccc(OC)c1C(/C=C(\N)C(=O)NC1(C(O)O)C2CC3CC(C2)CC1C3)=Nc1ccc(NCCOCCOCCNC(=O)CN2CCN(CC(=O)O)CCN(CC(=O)O)CCN(CC(O)O)CC2)cc1C(C)C. The number of aliphatic imine (C=N–C) groups is 1. The predicted octanol–water partition coefficient (Wildman–Crippen LogP) is 0.675. The third kappa shape index (κ3) is 17.5. The summed E-state index contributed by atoms with van der Waals surface area (Å²) in [5.41, 5.74) is 8.48. The van der Waals surface area contributed by atoms with E-state index in [2.05, 4.69) is 29.8 Å². The van der Waals surface area contributed by atoms with Crippen LogP contribution in [-0.2, 0) is 28.7 Å². The maximum absolute atomic E-state index is 14.1. The van der Waals surface area contributed by atoms with Crippen LogP contribution in [0.1, 0.15) is 63.0 Å². The molecule has 0 radical (unpaired) electrons. The number of aliphatic carboxylic acids is 2. The van der Waals surface area contributed by atoms with Gasteiger partial charge in [-0.3, -0.25) is 38.8 Å². The molecule has 7 rings (SSSR count). The first-order valence-corrected chi connectivity index (χ1v) is 26.8. The van der Waals surface area contributed by atoms with Gasteiger partial charge in [0.25, 0.3) is 5.91 Å². The Morgan fingerprint density at radius 1 is 0.727 bits per heavy atom. The van der Waals surface area contributed by atoms with Crippen molar-refractivity contribution in [1.29, 1.82) is 0 Å². The van der Waals surface area contributed by atoms with Crippen LogP contribution >= 0.6 is 0 Å². The van der Waals surface area contributed by atoms with Crippen molar-refractivity contribution in [3.8, 4) is 11.5 Å². The number of carboxylic acid groups (broad SMARTS) is 2. The average molecular weight is 1080 g/mol. The Bertz CT molecular complexity index is 2280. The molecule has 1 aliphatic heterocycles. The minimum absolute atomic E-state index is 0.0271. The van der Waals surface area contributed by atoms with Gasteiger partial charge >= 0.3 is 11.9 Å². The molecular weight excluding hydrogens is 999 g/mol. The molecule has 4 aliphatic carbocycles. The topological polar surface area (TPSA) is 314 Å². The van der Waals surface area contributed by atoms with E-state index in [0.29, 0.717) is 119 Å². The second kappa shape index (κ2) is 29.5. The number of carboxylic acids is 2.